The van der Waals surface area contributed by atoms with Crippen LogP contribution in [0, 0.1) is 0 Å². The molecule has 0 aliphatic heterocycles. The molecular formula is C16H26BrNO. The van der Waals surface area contributed by atoms with Gasteiger partial charge in [0, 0.05) is 17.1 Å². The van der Waals surface area contributed by atoms with Crippen LogP contribution in [0.25, 0.3) is 0 Å². The fourth-order valence-electron chi connectivity index (χ4n) is 1.94. The van der Waals surface area contributed by atoms with E-state index in [1.165, 1.54) is 12.0 Å². The minimum Gasteiger partial charge on any atom is -0.379 e. The number of ether oxygens (including phenoxy) is 1. The molecule has 0 fully saturated rings. The molecule has 3 heteroatoms. The molecular weight excluding hydrogens is 302 g/mol. The van der Waals surface area contributed by atoms with Gasteiger partial charge in [0.1, 0.15) is 0 Å². The lowest BCUT2D eigenvalue weighted by molar-refractivity contribution is 0.0759. The van der Waals surface area contributed by atoms with E-state index >= 15 is 0 Å². The van der Waals surface area contributed by atoms with Gasteiger partial charge in [-0.3, -0.25) is 0 Å². The maximum atomic E-state index is 5.52. The lowest BCUT2D eigenvalue weighted by Crippen LogP contribution is -2.29. The number of halogens is 1. The molecule has 0 spiro atoms. The van der Waals surface area contributed by atoms with Crippen LogP contribution in [0.4, 0.5) is 0 Å². The van der Waals surface area contributed by atoms with Crippen LogP contribution in [0.15, 0.2) is 28.7 Å². The molecule has 1 unspecified atom stereocenters. The minimum atomic E-state index is 0.351. The predicted molar refractivity (Wildman–Crippen MR) is 85.6 cm³/mol. The topological polar surface area (TPSA) is 21.3 Å². The molecule has 1 rings (SSSR count). The van der Waals surface area contributed by atoms with E-state index in [1.807, 2.05) is 0 Å². The van der Waals surface area contributed by atoms with Gasteiger partial charge in [0.25, 0.3) is 0 Å². The second kappa shape index (κ2) is 9.51. The highest BCUT2D eigenvalue weighted by Crippen LogP contribution is 2.11. The number of nitrogens with one attached hydrogen (secondary N) is 1. The van der Waals surface area contributed by atoms with Gasteiger partial charge in [0.2, 0.25) is 0 Å². The fraction of sp³-hybridized carbons (Fsp3) is 0.625. The van der Waals surface area contributed by atoms with Gasteiger partial charge in [-0.25, -0.2) is 0 Å². The Morgan fingerprint density at radius 2 is 1.79 bits per heavy atom. The van der Waals surface area contributed by atoms with Crippen molar-refractivity contribution in [3.8, 4) is 0 Å². The zero-order chi connectivity index (χ0) is 14.1. The summed E-state index contributed by atoms with van der Waals surface area (Å²) in [4.78, 5) is 0. The van der Waals surface area contributed by atoms with Crippen molar-refractivity contribution in [1.82, 2.24) is 5.32 Å². The average molecular weight is 328 g/mol. The van der Waals surface area contributed by atoms with Crippen LogP contribution in [-0.4, -0.2) is 25.3 Å². The van der Waals surface area contributed by atoms with Gasteiger partial charge in [-0.05, 0) is 64.3 Å². The second-order valence-electron chi connectivity index (χ2n) is 5.31. The number of rotatable bonds is 9. The first kappa shape index (κ1) is 16.7. The van der Waals surface area contributed by atoms with Crippen LogP contribution in [0.1, 0.15) is 39.2 Å². The molecule has 0 heterocycles. The Balaban J connectivity index is 2.08. The summed E-state index contributed by atoms with van der Waals surface area (Å²) in [7, 11) is 0. The number of hydrogen-bond acceptors (Lipinski definition) is 2. The van der Waals surface area contributed by atoms with Crippen molar-refractivity contribution in [2.24, 2.45) is 0 Å². The number of hydrogen-bond donors (Lipinski definition) is 1. The van der Waals surface area contributed by atoms with Gasteiger partial charge >= 0.3 is 0 Å². The van der Waals surface area contributed by atoms with E-state index in [-0.39, 0.29) is 0 Å². The van der Waals surface area contributed by atoms with E-state index in [0.717, 1.165) is 30.5 Å². The Bertz CT molecular complexity index is 337. The highest BCUT2D eigenvalue weighted by atomic mass is 79.9. The molecule has 0 aliphatic carbocycles. The number of benzene rings is 1. The summed E-state index contributed by atoms with van der Waals surface area (Å²) in [6.07, 6.45) is 3.74. The Kier molecular flexibility index (Phi) is 8.35. The molecule has 0 radical (unpaired) electrons. The van der Waals surface area contributed by atoms with Crippen molar-refractivity contribution in [1.29, 1.82) is 0 Å². The largest absolute Gasteiger partial charge is 0.379 e. The lowest BCUT2D eigenvalue weighted by atomic mass is 10.1. The fourth-order valence-corrected chi connectivity index (χ4v) is 2.21. The van der Waals surface area contributed by atoms with E-state index in [0.29, 0.717) is 12.1 Å². The van der Waals surface area contributed by atoms with Crippen molar-refractivity contribution >= 4 is 15.9 Å². The van der Waals surface area contributed by atoms with Gasteiger partial charge in [0.05, 0.1) is 6.10 Å². The molecule has 1 aromatic rings. The Morgan fingerprint density at radius 3 is 2.42 bits per heavy atom. The number of unbranched alkanes of at least 4 members (excludes halogenated alkanes) is 1. The van der Waals surface area contributed by atoms with E-state index < -0.39 is 0 Å². The normalized spacial score (nSPS) is 12.9. The van der Waals surface area contributed by atoms with Crippen LogP contribution in [-0.2, 0) is 11.2 Å². The Hall–Kier alpha value is -0.380. The first-order valence-corrected chi connectivity index (χ1v) is 7.96. The van der Waals surface area contributed by atoms with E-state index in [9.17, 15) is 0 Å². The lowest BCUT2D eigenvalue weighted by Gasteiger charge is -2.14. The van der Waals surface area contributed by atoms with Gasteiger partial charge in [0.15, 0.2) is 0 Å². The van der Waals surface area contributed by atoms with Crippen molar-refractivity contribution in [2.75, 3.05) is 13.2 Å². The minimum absolute atomic E-state index is 0.351. The molecule has 0 saturated carbocycles. The molecule has 0 aliphatic rings. The SMILES string of the molecule is CC(Cc1ccc(Br)cc1)NCCCCOC(C)C. The van der Waals surface area contributed by atoms with Crippen molar-refractivity contribution in [3.05, 3.63) is 34.3 Å². The van der Waals surface area contributed by atoms with Crippen LogP contribution >= 0.6 is 15.9 Å². The van der Waals surface area contributed by atoms with Crippen LogP contribution in [0.2, 0.25) is 0 Å². The molecule has 1 N–H and O–H groups in total. The van der Waals surface area contributed by atoms with Crippen molar-refractivity contribution in [2.45, 2.75) is 52.2 Å². The van der Waals surface area contributed by atoms with Crippen LogP contribution in [0.3, 0.4) is 0 Å². The van der Waals surface area contributed by atoms with E-state index in [2.05, 4.69) is 66.3 Å². The summed E-state index contributed by atoms with van der Waals surface area (Å²) in [5, 5.41) is 3.57. The predicted octanol–water partition coefficient (Wildman–Crippen LogP) is 4.17. The van der Waals surface area contributed by atoms with Crippen molar-refractivity contribution in [3.63, 3.8) is 0 Å². The molecule has 0 amide bonds. The third kappa shape index (κ3) is 8.40. The quantitative estimate of drug-likeness (QED) is 0.687. The Morgan fingerprint density at radius 1 is 1.11 bits per heavy atom. The van der Waals surface area contributed by atoms with E-state index in [1.54, 1.807) is 0 Å². The molecule has 1 aromatic carbocycles. The summed E-state index contributed by atoms with van der Waals surface area (Å²) >= 11 is 3.46. The zero-order valence-electron chi connectivity index (χ0n) is 12.3. The summed E-state index contributed by atoms with van der Waals surface area (Å²) in [6, 6.07) is 9.08. The van der Waals surface area contributed by atoms with Gasteiger partial charge in [-0.1, -0.05) is 28.1 Å². The summed E-state index contributed by atoms with van der Waals surface area (Å²) in [5.74, 6) is 0. The maximum absolute atomic E-state index is 5.52. The van der Waals surface area contributed by atoms with Gasteiger partial charge < -0.3 is 10.1 Å². The molecule has 19 heavy (non-hydrogen) atoms. The molecule has 2 nitrogen and oxygen atoms in total. The first-order chi connectivity index (χ1) is 9.08. The van der Waals surface area contributed by atoms with Gasteiger partial charge in [-0.2, -0.15) is 0 Å². The summed E-state index contributed by atoms with van der Waals surface area (Å²) in [5.41, 5.74) is 1.38. The molecule has 108 valence electrons. The standard InChI is InChI=1S/C16H26BrNO/c1-13(2)19-11-5-4-10-18-14(3)12-15-6-8-16(17)9-7-15/h6-9,13-14,18H,4-5,10-12H2,1-3H3. The average Bonchev–Trinajstić information content (AvgIpc) is 2.36. The third-order valence-electron chi connectivity index (χ3n) is 2.97. The monoisotopic (exact) mass is 327 g/mol. The highest BCUT2D eigenvalue weighted by molar-refractivity contribution is 9.10. The highest BCUT2D eigenvalue weighted by Gasteiger charge is 2.02. The second-order valence-corrected chi connectivity index (χ2v) is 6.23. The van der Waals surface area contributed by atoms with Crippen LogP contribution in [0.5, 0.6) is 0 Å². The molecule has 0 aromatic heterocycles. The van der Waals surface area contributed by atoms with Gasteiger partial charge in [-0.15, -0.1) is 0 Å². The third-order valence-corrected chi connectivity index (χ3v) is 3.50. The first-order valence-electron chi connectivity index (χ1n) is 7.17. The smallest absolute Gasteiger partial charge is 0.0518 e. The maximum Gasteiger partial charge on any atom is 0.0518 e. The Labute approximate surface area is 126 Å². The molecule has 0 saturated heterocycles. The summed E-state index contributed by atoms with van der Waals surface area (Å²) in [6.45, 7) is 8.35. The summed E-state index contributed by atoms with van der Waals surface area (Å²) < 4.78 is 6.66. The van der Waals surface area contributed by atoms with E-state index in [4.69, 9.17) is 4.74 Å². The van der Waals surface area contributed by atoms with Crippen LogP contribution < -0.4 is 5.32 Å². The zero-order valence-corrected chi connectivity index (χ0v) is 13.9. The van der Waals surface area contributed by atoms with Crippen molar-refractivity contribution < 1.29 is 4.74 Å². The molecule has 0 bridgehead atoms. The molecule has 1 atom stereocenters.